The van der Waals surface area contributed by atoms with Gasteiger partial charge in [-0.1, -0.05) is 40.7 Å². The number of rotatable bonds is 9. The van der Waals surface area contributed by atoms with Crippen LogP contribution < -0.4 is 5.32 Å². The first kappa shape index (κ1) is 19.5. The number of carbonyl (C=O) groups is 2. The lowest BCUT2D eigenvalue weighted by molar-refractivity contribution is -0.139. The quantitative estimate of drug-likeness (QED) is 0.403. The minimum Gasteiger partial charge on any atom is -0.459 e. The number of amides is 1. The molecule has 0 bridgehead atoms. The van der Waals surface area contributed by atoms with E-state index in [1.165, 1.54) is 0 Å². The van der Waals surface area contributed by atoms with Crippen molar-refractivity contribution in [1.29, 1.82) is 0 Å². The Kier molecular flexibility index (Phi) is 8.74. The summed E-state index contributed by atoms with van der Waals surface area (Å²) in [5, 5.41) is 2.74. The van der Waals surface area contributed by atoms with Crippen LogP contribution in [0.5, 0.6) is 0 Å². The highest BCUT2D eigenvalue weighted by Crippen LogP contribution is 2.25. The summed E-state index contributed by atoms with van der Waals surface area (Å²) in [6, 6.07) is 0. The minimum absolute atomic E-state index is 0.0286. The van der Waals surface area contributed by atoms with Crippen LogP contribution in [-0.2, 0) is 14.3 Å². The summed E-state index contributed by atoms with van der Waals surface area (Å²) in [6.07, 6.45) is 1.68. The molecule has 0 rings (SSSR count). The molecule has 0 saturated carbocycles. The largest absolute Gasteiger partial charge is 0.459 e. The van der Waals surface area contributed by atoms with Gasteiger partial charge in [-0.15, -0.1) is 0 Å². The maximum Gasteiger partial charge on any atom is 0.407 e. The number of hydrogen-bond donors (Lipinski definition) is 1. The van der Waals surface area contributed by atoms with Crippen molar-refractivity contribution in [3.8, 4) is 0 Å². The van der Waals surface area contributed by atoms with Gasteiger partial charge in [0.1, 0.15) is 13.2 Å². The van der Waals surface area contributed by atoms with Crippen molar-refractivity contribution in [3.05, 3.63) is 12.2 Å². The van der Waals surface area contributed by atoms with Crippen LogP contribution in [0.3, 0.4) is 0 Å². The predicted octanol–water partition coefficient (Wildman–Crippen LogP) is 3.29. The summed E-state index contributed by atoms with van der Waals surface area (Å²) < 4.78 is 9.76. The first-order valence-electron chi connectivity index (χ1n) is 7.41. The molecule has 5 heteroatoms. The van der Waals surface area contributed by atoms with Crippen molar-refractivity contribution in [2.24, 2.45) is 11.3 Å². The molecule has 0 aromatic heterocycles. The molecular formula is C16H29NO4. The van der Waals surface area contributed by atoms with Gasteiger partial charge in [-0.25, -0.2) is 9.59 Å². The van der Waals surface area contributed by atoms with Gasteiger partial charge in [0, 0.05) is 12.1 Å². The first-order valence-corrected chi connectivity index (χ1v) is 7.41. The van der Waals surface area contributed by atoms with Gasteiger partial charge in [-0.2, -0.15) is 0 Å². The number of alkyl carbamates (subject to hydrolysis) is 1. The number of nitrogens with one attached hydrogen (secondary N) is 1. The van der Waals surface area contributed by atoms with Gasteiger partial charge < -0.3 is 14.8 Å². The molecule has 5 nitrogen and oxygen atoms in total. The fourth-order valence-corrected chi connectivity index (χ4v) is 1.91. The molecule has 0 fully saturated rings. The lowest BCUT2D eigenvalue weighted by atomic mass is 9.82. The zero-order chi connectivity index (χ0) is 16.5. The topological polar surface area (TPSA) is 64.6 Å². The van der Waals surface area contributed by atoms with Gasteiger partial charge in [-0.05, 0) is 24.7 Å². The third kappa shape index (κ3) is 9.93. The van der Waals surface area contributed by atoms with E-state index in [4.69, 9.17) is 9.47 Å². The third-order valence-corrected chi connectivity index (χ3v) is 3.21. The average Bonchev–Trinajstić information content (AvgIpc) is 2.40. The maximum atomic E-state index is 11.5. The van der Waals surface area contributed by atoms with E-state index in [0.717, 1.165) is 12.8 Å². The summed E-state index contributed by atoms with van der Waals surface area (Å²) in [6.45, 7) is 14.3. The minimum atomic E-state index is -0.487. The predicted molar refractivity (Wildman–Crippen MR) is 83.0 cm³/mol. The lowest BCUT2D eigenvalue weighted by Gasteiger charge is -2.27. The number of esters is 1. The van der Waals surface area contributed by atoms with Crippen LogP contribution in [0.15, 0.2) is 12.2 Å². The summed E-state index contributed by atoms with van der Waals surface area (Å²) in [4.78, 5) is 22.6. The molecule has 0 aromatic rings. The summed E-state index contributed by atoms with van der Waals surface area (Å²) >= 11 is 0. The van der Waals surface area contributed by atoms with E-state index in [1.807, 2.05) is 0 Å². The fraction of sp³-hybridized carbons (Fsp3) is 0.750. The normalized spacial score (nSPS) is 12.4. The monoisotopic (exact) mass is 299 g/mol. The van der Waals surface area contributed by atoms with E-state index >= 15 is 0 Å². The van der Waals surface area contributed by atoms with Crippen molar-refractivity contribution in [2.45, 2.75) is 47.5 Å². The molecule has 0 saturated heterocycles. The number of carbonyl (C=O) groups excluding carboxylic acids is 2. The van der Waals surface area contributed by atoms with E-state index < -0.39 is 12.1 Å². The Bertz CT molecular complexity index is 363. The van der Waals surface area contributed by atoms with Crippen molar-refractivity contribution < 1.29 is 19.1 Å². The molecule has 122 valence electrons. The van der Waals surface area contributed by atoms with Crippen molar-refractivity contribution >= 4 is 12.1 Å². The Labute approximate surface area is 128 Å². The second-order valence-corrected chi connectivity index (χ2v) is 6.29. The number of hydrogen-bond acceptors (Lipinski definition) is 4. The highest BCUT2D eigenvalue weighted by Gasteiger charge is 2.21. The molecule has 0 spiro atoms. The molecular weight excluding hydrogens is 270 g/mol. The van der Waals surface area contributed by atoms with E-state index in [9.17, 15) is 9.59 Å². The Morgan fingerprint density at radius 1 is 1.24 bits per heavy atom. The van der Waals surface area contributed by atoms with Gasteiger partial charge in [0.15, 0.2) is 0 Å². The van der Waals surface area contributed by atoms with Gasteiger partial charge in [0.25, 0.3) is 0 Å². The van der Waals surface area contributed by atoms with E-state index in [1.54, 1.807) is 6.92 Å². The molecule has 1 unspecified atom stereocenters. The molecule has 1 atom stereocenters. The van der Waals surface area contributed by atoms with Crippen LogP contribution in [0.2, 0.25) is 0 Å². The van der Waals surface area contributed by atoms with Gasteiger partial charge in [0.05, 0.1) is 0 Å². The molecule has 1 amide bonds. The van der Waals surface area contributed by atoms with Crippen molar-refractivity contribution in [2.75, 3.05) is 19.8 Å². The molecule has 0 aliphatic carbocycles. The molecule has 0 aliphatic heterocycles. The molecule has 1 N–H and O–H groups in total. The third-order valence-electron chi connectivity index (χ3n) is 3.21. The Morgan fingerprint density at radius 3 is 2.33 bits per heavy atom. The first-order chi connectivity index (χ1) is 9.68. The van der Waals surface area contributed by atoms with Gasteiger partial charge in [0.2, 0.25) is 0 Å². The van der Waals surface area contributed by atoms with E-state index in [-0.39, 0.29) is 18.6 Å². The van der Waals surface area contributed by atoms with Crippen molar-refractivity contribution in [3.63, 3.8) is 0 Å². The van der Waals surface area contributed by atoms with Crippen LogP contribution in [0.25, 0.3) is 0 Å². The molecule has 0 heterocycles. The Balaban J connectivity index is 3.85. The standard InChI is InChI=1S/C16H29NO4/c1-7-13(4)10-16(5,6)11-17-15(19)21-9-8-20-14(18)12(2)3/h13H,2,7-11H2,1,3-6H3,(H,17,19). The second-order valence-electron chi connectivity index (χ2n) is 6.29. The molecule has 0 radical (unpaired) electrons. The maximum absolute atomic E-state index is 11.5. The zero-order valence-electron chi connectivity index (χ0n) is 14.0. The van der Waals surface area contributed by atoms with E-state index in [0.29, 0.717) is 18.0 Å². The average molecular weight is 299 g/mol. The Morgan fingerprint density at radius 2 is 1.81 bits per heavy atom. The van der Waals surface area contributed by atoms with Gasteiger partial charge in [-0.3, -0.25) is 0 Å². The van der Waals surface area contributed by atoms with Crippen LogP contribution in [0.1, 0.15) is 47.5 Å². The van der Waals surface area contributed by atoms with Crippen molar-refractivity contribution in [1.82, 2.24) is 5.32 Å². The molecule has 0 aliphatic rings. The van der Waals surface area contributed by atoms with E-state index in [2.05, 4.69) is 39.6 Å². The molecule has 21 heavy (non-hydrogen) atoms. The zero-order valence-corrected chi connectivity index (χ0v) is 14.0. The summed E-state index contributed by atoms with van der Waals surface area (Å²) in [7, 11) is 0. The van der Waals surface area contributed by atoms with Crippen LogP contribution in [0, 0.1) is 11.3 Å². The SMILES string of the molecule is C=C(C)C(=O)OCCOC(=O)NCC(C)(C)CC(C)CC. The highest BCUT2D eigenvalue weighted by atomic mass is 16.6. The van der Waals surface area contributed by atoms with Crippen LogP contribution in [0.4, 0.5) is 4.79 Å². The number of ether oxygens (including phenoxy) is 2. The second kappa shape index (κ2) is 9.42. The highest BCUT2D eigenvalue weighted by molar-refractivity contribution is 5.86. The Hall–Kier alpha value is -1.52. The fourth-order valence-electron chi connectivity index (χ4n) is 1.91. The summed E-state index contributed by atoms with van der Waals surface area (Å²) in [5.41, 5.74) is 0.354. The summed E-state index contributed by atoms with van der Waals surface area (Å²) in [5.74, 6) is 0.146. The molecule has 0 aromatic carbocycles. The van der Waals surface area contributed by atoms with Crippen LogP contribution >= 0.6 is 0 Å². The smallest absolute Gasteiger partial charge is 0.407 e. The van der Waals surface area contributed by atoms with Crippen LogP contribution in [-0.4, -0.2) is 31.8 Å². The lowest BCUT2D eigenvalue weighted by Crippen LogP contribution is -2.35. The van der Waals surface area contributed by atoms with Gasteiger partial charge >= 0.3 is 12.1 Å².